The summed E-state index contributed by atoms with van der Waals surface area (Å²) in [6, 6.07) is 0. The lowest BCUT2D eigenvalue weighted by Crippen LogP contribution is -2.34. The van der Waals surface area contributed by atoms with Crippen LogP contribution in [-0.2, 0) is 4.74 Å². The van der Waals surface area contributed by atoms with Crippen molar-refractivity contribution in [2.45, 2.75) is 78.1 Å². The molecule has 3 nitrogen and oxygen atoms in total. The number of ether oxygens (including phenoxy) is 1. The lowest BCUT2D eigenvalue weighted by atomic mass is 10.1. The standard InChI is InChI=1S/C15H34N2O/c1-3-5-6-7-8-9-10-11-12-14-18-15-17-16-13-4-2/h16-17H,3-15H2,1-2H3. The fourth-order valence-corrected chi connectivity index (χ4v) is 1.90. The number of hydrogen-bond donors (Lipinski definition) is 2. The molecule has 0 aromatic rings. The Morgan fingerprint density at radius 2 is 1.28 bits per heavy atom. The average molecular weight is 258 g/mol. The molecule has 0 aromatic heterocycles. The first-order chi connectivity index (χ1) is 8.91. The van der Waals surface area contributed by atoms with Crippen molar-refractivity contribution in [3.63, 3.8) is 0 Å². The van der Waals surface area contributed by atoms with Crippen LogP contribution in [-0.4, -0.2) is 19.9 Å². The third kappa shape index (κ3) is 15.9. The van der Waals surface area contributed by atoms with Crippen LogP contribution in [0.2, 0.25) is 0 Å². The second kappa shape index (κ2) is 16.9. The average Bonchev–Trinajstić information content (AvgIpc) is 2.39. The monoisotopic (exact) mass is 258 g/mol. The van der Waals surface area contributed by atoms with Gasteiger partial charge >= 0.3 is 0 Å². The minimum atomic E-state index is 0.622. The molecule has 0 aliphatic heterocycles. The normalized spacial score (nSPS) is 11.0. The first kappa shape index (κ1) is 17.9. The summed E-state index contributed by atoms with van der Waals surface area (Å²) >= 11 is 0. The van der Waals surface area contributed by atoms with Crippen molar-refractivity contribution in [1.82, 2.24) is 10.9 Å². The van der Waals surface area contributed by atoms with Crippen molar-refractivity contribution in [3.05, 3.63) is 0 Å². The van der Waals surface area contributed by atoms with Crippen molar-refractivity contribution in [2.24, 2.45) is 0 Å². The number of rotatable bonds is 15. The van der Waals surface area contributed by atoms with E-state index in [2.05, 4.69) is 24.7 Å². The van der Waals surface area contributed by atoms with Gasteiger partial charge in [0, 0.05) is 13.2 Å². The van der Waals surface area contributed by atoms with Crippen molar-refractivity contribution in [2.75, 3.05) is 19.9 Å². The van der Waals surface area contributed by atoms with Crippen molar-refractivity contribution < 1.29 is 4.74 Å². The van der Waals surface area contributed by atoms with Crippen molar-refractivity contribution in [3.8, 4) is 0 Å². The Bertz CT molecular complexity index is 126. The van der Waals surface area contributed by atoms with Crippen LogP contribution in [0, 0.1) is 0 Å². The van der Waals surface area contributed by atoms with Gasteiger partial charge in [-0.25, -0.2) is 5.43 Å². The van der Waals surface area contributed by atoms with Crippen LogP contribution in [0.15, 0.2) is 0 Å². The van der Waals surface area contributed by atoms with Gasteiger partial charge < -0.3 is 4.74 Å². The maximum absolute atomic E-state index is 5.47. The molecule has 0 radical (unpaired) electrons. The fourth-order valence-electron chi connectivity index (χ4n) is 1.90. The Balaban J connectivity index is 2.86. The molecule has 18 heavy (non-hydrogen) atoms. The SMILES string of the molecule is CCCCCCCCCCCOCNNCCC. The molecule has 0 rings (SSSR count). The van der Waals surface area contributed by atoms with Crippen LogP contribution < -0.4 is 10.9 Å². The molecule has 2 N–H and O–H groups in total. The van der Waals surface area contributed by atoms with Gasteiger partial charge in [0.2, 0.25) is 0 Å². The van der Waals surface area contributed by atoms with Gasteiger partial charge in [0.05, 0.1) is 0 Å². The van der Waals surface area contributed by atoms with Gasteiger partial charge in [0.25, 0.3) is 0 Å². The van der Waals surface area contributed by atoms with Gasteiger partial charge in [0.15, 0.2) is 0 Å². The second-order valence-electron chi connectivity index (χ2n) is 4.98. The molecule has 0 atom stereocenters. The van der Waals surface area contributed by atoms with Gasteiger partial charge in [-0.15, -0.1) is 0 Å². The maximum atomic E-state index is 5.47. The van der Waals surface area contributed by atoms with Crippen LogP contribution in [0.5, 0.6) is 0 Å². The third-order valence-corrected chi connectivity index (χ3v) is 3.07. The Labute approximate surface area is 114 Å². The van der Waals surface area contributed by atoms with E-state index in [1.54, 1.807) is 0 Å². The summed E-state index contributed by atoms with van der Waals surface area (Å²) < 4.78 is 5.47. The Kier molecular flexibility index (Phi) is 16.8. The summed E-state index contributed by atoms with van der Waals surface area (Å²) in [5, 5.41) is 0. The predicted molar refractivity (Wildman–Crippen MR) is 79.5 cm³/mol. The van der Waals surface area contributed by atoms with E-state index in [9.17, 15) is 0 Å². The molecule has 0 aliphatic rings. The molecule has 0 heterocycles. The van der Waals surface area contributed by atoms with E-state index in [4.69, 9.17) is 4.74 Å². The molecule has 0 unspecified atom stereocenters. The maximum Gasteiger partial charge on any atom is 0.109 e. The molecule has 110 valence electrons. The van der Waals surface area contributed by atoms with Crippen LogP contribution >= 0.6 is 0 Å². The molecule has 0 bridgehead atoms. The lowest BCUT2D eigenvalue weighted by molar-refractivity contribution is 0.103. The zero-order valence-electron chi connectivity index (χ0n) is 12.6. The minimum Gasteiger partial charge on any atom is -0.365 e. The van der Waals surface area contributed by atoms with Crippen LogP contribution in [0.4, 0.5) is 0 Å². The first-order valence-electron chi connectivity index (χ1n) is 7.95. The van der Waals surface area contributed by atoms with Crippen LogP contribution in [0.3, 0.4) is 0 Å². The van der Waals surface area contributed by atoms with Gasteiger partial charge in [-0.2, -0.15) is 0 Å². The number of nitrogens with one attached hydrogen (secondary N) is 2. The largest absolute Gasteiger partial charge is 0.365 e. The van der Waals surface area contributed by atoms with Crippen molar-refractivity contribution >= 4 is 0 Å². The Morgan fingerprint density at radius 1 is 0.667 bits per heavy atom. The molecular weight excluding hydrogens is 224 g/mol. The zero-order chi connectivity index (χ0) is 13.3. The number of hydrazine groups is 1. The summed E-state index contributed by atoms with van der Waals surface area (Å²) in [6.45, 7) is 6.93. The highest BCUT2D eigenvalue weighted by Crippen LogP contribution is 2.09. The second-order valence-corrected chi connectivity index (χ2v) is 4.98. The van der Waals surface area contributed by atoms with E-state index in [-0.39, 0.29) is 0 Å². The fraction of sp³-hybridized carbons (Fsp3) is 1.00. The summed E-state index contributed by atoms with van der Waals surface area (Å²) in [6.07, 6.45) is 13.5. The highest BCUT2D eigenvalue weighted by Gasteiger charge is 1.92. The Hall–Kier alpha value is -0.120. The molecule has 3 heteroatoms. The summed E-state index contributed by atoms with van der Waals surface area (Å²) in [5.74, 6) is 0. The first-order valence-corrected chi connectivity index (χ1v) is 7.95. The van der Waals surface area contributed by atoms with Crippen LogP contribution in [0.25, 0.3) is 0 Å². The smallest absolute Gasteiger partial charge is 0.109 e. The van der Waals surface area contributed by atoms with E-state index in [1.807, 2.05) is 0 Å². The quantitative estimate of drug-likeness (QED) is 0.265. The van der Waals surface area contributed by atoms with E-state index >= 15 is 0 Å². The minimum absolute atomic E-state index is 0.622. The number of hydrogen-bond acceptors (Lipinski definition) is 3. The van der Waals surface area contributed by atoms with Crippen LogP contribution in [0.1, 0.15) is 78.1 Å². The molecule has 0 amide bonds. The lowest BCUT2D eigenvalue weighted by Gasteiger charge is -2.07. The molecule has 0 aromatic carbocycles. The van der Waals surface area contributed by atoms with E-state index in [0.717, 1.165) is 19.6 Å². The summed E-state index contributed by atoms with van der Waals surface area (Å²) in [4.78, 5) is 0. The Morgan fingerprint density at radius 3 is 1.89 bits per heavy atom. The molecule has 0 fully saturated rings. The highest BCUT2D eigenvalue weighted by molar-refractivity contribution is 4.46. The topological polar surface area (TPSA) is 33.3 Å². The predicted octanol–water partition coefficient (Wildman–Crippen LogP) is 4.00. The molecule has 0 spiro atoms. The summed E-state index contributed by atoms with van der Waals surface area (Å²) in [7, 11) is 0. The van der Waals surface area contributed by atoms with Gasteiger partial charge in [-0.1, -0.05) is 65.2 Å². The summed E-state index contributed by atoms with van der Waals surface area (Å²) in [5.41, 5.74) is 6.14. The highest BCUT2D eigenvalue weighted by atomic mass is 16.5. The van der Waals surface area contributed by atoms with E-state index in [0.29, 0.717) is 6.73 Å². The van der Waals surface area contributed by atoms with Gasteiger partial charge in [-0.05, 0) is 12.8 Å². The van der Waals surface area contributed by atoms with E-state index < -0.39 is 0 Å². The molecular formula is C15H34N2O. The molecule has 0 aliphatic carbocycles. The molecule has 0 saturated carbocycles. The van der Waals surface area contributed by atoms with Crippen molar-refractivity contribution in [1.29, 1.82) is 0 Å². The third-order valence-electron chi connectivity index (χ3n) is 3.07. The van der Waals surface area contributed by atoms with Gasteiger partial charge in [0.1, 0.15) is 6.73 Å². The van der Waals surface area contributed by atoms with Gasteiger partial charge in [-0.3, -0.25) is 5.43 Å². The number of unbranched alkanes of at least 4 members (excludes halogenated alkanes) is 8. The zero-order valence-corrected chi connectivity index (χ0v) is 12.6. The molecule has 0 saturated heterocycles. The van der Waals surface area contributed by atoms with E-state index in [1.165, 1.54) is 57.8 Å².